The zero-order chi connectivity index (χ0) is 19.2. The fraction of sp³-hybridized carbons (Fsp3) is 0.100. The molecule has 2 amide bonds. The quantitative estimate of drug-likeness (QED) is 0.661. The van der Waals surface area contributed by atoms with Gasteiger partial charge in [0.1, 0.15) is 10.6 Å². The molecule has 0 unspecified atom stereocenters. The van der Waals surface area contributed by atoms with Crippen LogP contribution in [0, 0.1) is 0 Å². The van der Waals surface area contributed by atoms with Crippen LogP contribution in [0.3, 0.4) is 0 Å². The lowest BCUT2D eigenvalue weighted by Crippen LogP contribution is -2.12. The molecule has 2 aromatic carbocycles. The molecule has 3 rings (SSSR count). The third-order valence-electron chi connectivity index (χ3n) is 3.76. The Kier molecular flexibility index (Phi) is 5.73. The highest BCUT2D eigenvalue weighted by Crippen LogP contribution is 2.36. The summed E-state index contributed by atoms with van der Waals surface area (Å²) in [4.78, 5) is 25.3. The van der Waals surface area contributed by atoms with E-state index in [9.17, 15) is 9.59 Å². The Hall–Kier alpha value is -3.32. The van der Waals surface area contributed by atoms with Crippen molar-refractivity contribution in [2.24, 2.45) is 0 Å². The summed E-state index contributed by atoms with van der Waals surface area (Å²) < 4.78 is 9.91. The predicted molar refractivity (Wildman–Crippen MR) is 107 cm³/mol. The number of hydrogen-bond donors (Lipinski definition) is 2. The fourth-order valence-corrected chi connectivity index (χ4v) is 3.45. The first-order valence-corrected chi connectivity index (χ1v) is 8.92. The highest BCUT2D eigenvalue weighted by Gasteiger charge is 2.18. The molecule has 7 heteroatoms. The molecule has 3 aromatic rings. The standard InChI is InChI=1S/C20H18N2O4S/c1-25-16-12-17(13-6-4-3-5-7-13)27-18(16)19(23)21-14-8-10-15(11-9-14)22-20(24)26-2/h3-12H,1-2H3,(H,21,23)(H,22,24). The smallest absolute Gasteiger partial charge is 0.411 e. The lowest BCUT2D eigenvalue weighted by atomic mass is 10.2. The van der Waals surface area contributed by atoms with Gasteiger partial charge in [0.25, 0.3) is 5.91 Å². The van der Waals surface area contributed by atoms with Crippen molar-refractivity contribution in [1.82, 2.24) is 0 Å². The van der Waals surface area contributed by atoms with Gasteiger partial charge in [-0.1, -0.05) is 30.3 Å². The average Bonchev–Trinajstić information content (AvgIpc) is 3.14. The summed E-state index contributed by atoms with van der Waals surface area (Å²) in [6, 6.07) is 18.4. The van der Waals surface area contributed by atoms with E-state index in [1.54, 1.807) is 31.4 Å². The minimum absolute atomic E-state index is 0.257. The van der Waals surface area contributed by atoms with Gasteiger partial charge in [-0.3, -0.25) is 10.1 Å². The first-order chi connectivity index (χ1) is 13.1. The van der Waals surface area contributed by atoms with Crippen LogP contribution in [0.2, 0.25) is 0 Å². The highest BCUT2D eigenvalue weighted by atomic mass is 32.1. The molecule has 0 radical (unpaired) electrons. The van der Waals surface area contributed by atoms with E-state index < -0.39 is 6.09 Å². The maximum absolute atomic E-state index is 12.7. The van der Waals surface area contributed by atoms with Crippen molar-refractivity contribution in [2.75, 3.05) is 24.9 Å². The van der Waals surface area contributed by atoms with Crippen molar-refractivity contribution >= 4 is 34.7 Å². The van der Waals surface area contributed by atoms with Crippen LogP contribution in [0.15, 0.2) is 60.7 Å². The van der Waals surface area contributed by atoms with Gasteiger partial charge in [-0.15, -0.1) is 11.3 Å². The van der Waals surface area contributed by atoms with Crippen molar-refractivity contribution in [3.63, 3.8) is 0 Å². The molecule has 138 valence electrons. The van der Waals surface area contributed by atoms with E-state index in [4.69, 9.17) is 4.74 Å². The molecule has 0 fully saturated rings. The zero-order valence-electron chi connectivity index (χ0n) is 14.8. The second kappa shape index (κ2) is 8.37. The molecule has 2 N–H and O–H groups in total. The van der Waals surface area contributed by atoms with Crippen molar-refractivity contribution in [1.29, 1.82) is 0 Å². The lowest BCUT2D eigenvalue weighted by Gasteiger charge is -2.07. The molecule has 0 aliphatic rings. The summed E-state index contributed by atoms with van der Waals surface area (Å²) in [5.41, 5.74) is 2.20. The van der Waals surface area contributed by atoms with Crippen LogP contribution in [0.5, 0.6) is 5.75 Å². The van der Waals surface area contributed by atoms with Gasteiger partial charge in [0.15, 0.2) is 0 Å². The van der Waals surface area contributed by atoms with Gasteiger partial charge in [0, 0.05) is 16.3 Å². The number of methoxy groups -OCH3 is 2. The molecule has 1 heterocycles. The average molecular weight is 382 g/mol. The van der Waals surface area contributed by atoms with Crippen molar-refractivity contribution < 1.29 is 19.1 Å². The Morgan fingerprint density at radius 3 is 2.11 bits per heavy atom. The Bertz CT molecular complexity index is 936. The fourth-order valence-electron chi connectivity index (χ4n) is 2.42. The van der Waals surface area contributed by atoms with E-state index in [0.717, 1.165) is 10.4 Å². The van der Waals surface area contributed by atoms with E-state index in [1.807, 2.05) is 36.4 Å². The summed E-state index contributed by atoms with van der Waals surface area (Å²) in [7, 11) is 2.84. The number of carbonyl (C=O) groups excluding carboxylic acids is 2. The van der Waals surface area contributed by atoms with Gasteiger partial charge in [-0.2, -0.15) is 0 Å². The third-order valence-corrected chi connectivity index (χ3v) is 4.92. The summed E-state index contributed by atoms with van der Waals surface area (Å²) >= 11 is 1.37. The Morgan fingerprint density at radius 1 is 0.889 bits per heavy atom. The monoisotopic (exact) mass is 382 g/mol. The Morgan fingerprint density at radius 2 is 1.52 bits per heavy atom. The van der Waals surface area contributed by atoms with Gasteiger partial charge in [-0.05, 0) is 35.9 Å². The van der Waals surface area contributed by atoms with Crippen LogP contribution in [-0.2, 0) is 4.74 Å². The van der Waals surface area contributed by atoms with E-state index in [2.05, 4.69) is 15.4 Å². The van der Waals surface area contributed by atoms with E-state index in [-0.39, 0.29) is 5.91 Å². The van der Waals surface area contributed by atoms with Crippen molar-refractivity contribution in [3.05, 3.63) is 65.5 Å². The molecule has 0 aliphatic carbocycles. The number of nitrogens with one attached hydrogen (secondary N) is 2. The summed E-state index contributed by atoms with van der Waals surface area (Å²) in [5, 5.41) is 5.39. The van der Waals surface area contributed by atoms with Gasteiger partial charge in [0.05, 0.1) is 14.2 Å². The van der Waals surface area contributed by atoms with Crippen LogP contribution < -0.4 is 15.4 Å². The summed E-state index contributed by atoms with van der Waals surface area (Å²) in [5.74, 6) is 0.271. The Balaban J connectivity index is 1.76. The molecule has 0 atom stereocenters. The number of rotatable bonds is 5. The largest absolute Gasteiger partial charge is 0.495 e. The van der Waals surface area contributed by atoms with Gasteiger partial charge >= 0.3 is 6.09 Å². The van der Waals surface area contributed by atoms with Gasteiger partial charge in [-0.25, -0.2) is 4.79 Å². The molecule has 1 aromatic heterocycles. The number of thiophene rings is 1. The predicted octanol–water partition coefficient (Wildman–Crippen LogP) is 4.85. The zero-order valence-corrected chi connectivity index (χ0v) is 15.6. The van der Waals surface area contributed by atoms with Crippen LogP contribution >= 0.6 is 11.3 Å². The van der Waals surface area contributed by atoms with Gasteiger partial charge < -0.3 is 14.8 Å². The van der Waals surface area contributed by atoms with Crippen molar-refractivity contribution in [3.8, 4) is 16.2 Å². The number of hydrogen-bond acceptors (Lipinski definition) is 5. The summed E-state index contributed by atoms with van der Waals surface area (Å²) in [6.07, 6.45) is -0.552. The number of benzene rings is 2. The number of amides is 2. The van der Waals surface area contributed by atoms with E-state index in [0.29, 0.717) is 22.0 Å². The number of ether oxygens (including phenoxy) is 2. The van der Waals surface area contributed by atoms with Crippen LogP contribution in [-0.4, -0.2) is 26.2 Å². The Labute approximate surface area is 160 Å². The lowest BCUT2D eigenvalue weighted by molar-refractivity contribution is 0.102. The molecule has 27 heavy (non-hydrogen) atoms. The normalized spacial score (nSPS) is 10.1. The molecule has 0 bridgehead atoms. The second-order valence-corrected chi connectivity index (χ2v) is 6.57. The first kappa shape index (κ1) is 18.5. The third kappa shape index (κ3) is 4.45. The minimum atomic E-state index is -0.552. The molecule has 6 nitrogen and oxygen atoms in total. The van der Waals surface area contributed by atoms with Crippen LogP contribution in [0.25, 0.3) is 10.4 Å². The molecule has 0 saturated heterocycles. The molecule has 0 spiro atoms. The summed E-state index contributed by atoms with van der Waals surface area (Å²) in [6.45, 7) is 0. The highest BCUT2D eigenvalue weighted by molar-refractivity contribution is 7.17. The number of carbonyl (C=O) groups is 2. The maximum Gasteiger partial charge on any atom is 0.411 e. The van der Waals surface area contributed by atoms with E-state index >= 15 is 0 Å². The van der Waals surface area contributed by atoms with Crippen molar-refractivity contribution in [2.45, 2.75) is 0 Å². The molecular formula is C20H18N2O4S. The molecular weight excluding hydrogens is 364 g/mol. The van der Waals surface area contributed by atoms with Gasteiger partial charge in [0.2, 0.25) is 0 Å². The second-order valence-electron chi connectivity index (χ2n) is 5.52. The van der Waals surface area contributed by atoms with Crippen LogP contribution in [0.1, 0.15) is 9.67 Å². The number of anilines is 2. The van der Waals surface area contributed by atoms with Crippen LogP contribution in [0.4, 0.5) is 16.2 Å². The SMILES string of the molecule is COC(=O)Nc1ccc(NC(=O)c2sc(-c3ccccc3)cc2OC)cc1. The van der Waals surface area contributed by atoms with E-state index in [1.165, 1.54) is 18.4 Å². The topological polar surface area (TPSA) is 76.7 Å². The first-order valence-electron chi connectivity index (χ1n) is 8.10. The molecule has 0 saturated carbocycles. The maximum atomic E-state index is 12.7. The minimum Gasteiger partial charge on any atom is -0.495 e. The molecule has 0 aliphatic heterocycles.